The molecule has 0 aliphatic carbocycles. The number of aryl methyl sites for hydroxylation is 1. The lowest BCUT2D eigenvalue weighted by molar-refractivity contribution is 0.470. The van der Waals surface area contributed by atoms with Crippen molar-refractivity contribution in [2.24, 2.45) is 0 Å². The van der Waals surface area contributed by atoms with Crippen molar-refractivity contribution in [2.45, 2.75) is 13.3 Å². The minimum Gasteiger partial charge on any atom is -0.508 e. The van der Waals surface area contributed by atoms with Crippen molar-refractivity contribution in [1.82, 2.24) is 0 Å². The summed E-state index contributed by atoms with van der Waals surface area (Å²) in [5, 5.41) is 21.8. The van der Waals surface area contributed by atoms with Gasteiger partial charge in [0.05, 0.1) is 0 Å². The van der Waals surface area contributed by atoms with E-state index in [1.54, 1.807) is 18.2 Å². The fourth-order valence-electron chi connectivity index (χ4n) is 2.90. The topological polar surface area (TPSA) is 43.7 Å². The highest BCUT2D eigenvalue weighted by Gasteiger charge is 2.10. The molecule has 3 heteroatoms. The van der Waals surface area contributed by atoms with Crippen LogP contribution in [0.4, 0.5) is 5.69 Å². The van der Waals surface area contributed by atoms with Gasteiger partial charge in [-0.05, 0) is 59.2 Å². The molecule has 0 heterocycles. The zero-order chi connectivity index (χ0) is 16.6. The predicted molar refractivity (Wildman–Crippen MR) is 95.6 cm³/mol. The average molecular weight is 307 g/mol. The highest BCUT2D eigenvalue weighted by atomic mass is 16.3. The Balaban J connectivity index is 2.06. The zero-order valence-corrected chi connectivity index (χ0v) is 13.7. The van der Waals surface area contributed by atoms with E-state index >= 15 is 0 Å². The van der Waals surface area contributed by atoms with Gasteiger partial charge in [-0.25, -0.2) is 0 Å². The standard InChI is InChI=1S/C20H21NO2/c1-13-10-16(21(2)3)6-4-14(13)12-19-18-8-7-17(22)11-15(18)5-9-20(19)23/h4-11,22-23H,12H2,1-3H3. The Morgan fingerprint density at radius 3 is 2.39 bits per heavy atom. The third kappa shape index (κ3) is 2.95. The summed E-state index contributed by atoms with van der Waals surface area (Å²) in [5.74, 6) is 0.528. The van der Waals surface area contributed by atoms with Gasteiger partial charge in [0.2, 0.25) is 0 Å². The van der Waals surface area contributed by atoms with Crippen LogP contribution in [0.15, 0.2) is 48.5 Å². The molecule has 0 aromatic heterocycles. The number of rotatable bonds is 3. The van der Waals surface area contributed by atoms with Crippen LogP contribution in [0.25, 0.3) is 10.8 Å². The molecule has 23 heavy (non-hydrogen) atoms. The van der Waals surface area contributed by atoms with E-state index in [-0.39, 0.29) is 5.75 Å². The van der Waals surface area contributed by atoms with Crippen LogP contribution in [-0.2, 0) is 6.42 Å². The second-order valence-electron chi connectivity index (χ2n) is 6.15. The first-order valence-corrected chi connectivity index (χ1v) is 7.66. The number of aromatic hydroxyl groups is 2. The monoisotopic (exact) mass is 307 g/mol. The molecule has 0 aliphatic heterocycles. The molecule has 2 N–H and O–H groups in total. The summed E-state index contributed by atoms with van der Waals surface area (Å²) >= 11 is 0. The maximum Gasteiger partial charge on any atom is 0.119 e. The van der Waals surface area contributed by atoms with Crippen molar-refractivity contribution >= 4 is 16.5 Å². The van der Waals surface area contributed by atoms with E-state index in [4.69, 9.17) is 0 Å². The minimum absolute atomic E-state index is 0.237. The summed E-state index contributed by atoms with van der Waals surface area (Å²) in [4.78, 5) is 2.08. The number of nitrogens with zero attached hydrogens (tertiary/aromatic N) is 1. The van der Waals surface area contributed by atoms with E-state index in [1.807, 2.05) is 26.2 Å². The smallest absolute Gasteiger partial charge is 0.119 e. The predicted octanol–water partition coefficient (Wildman–Crippen LogP) is 4.22. The number of phenolic OH excluding ortho intramolecular Hbond substituents is 2. The van der Waals surface area contributed by atoms with Gasteiger partial charge in [-0.2, -0.15) is 0 Å². The van der Waals surface area contributed by atoms with E-state index < -0.39 is 0 Å². The van der Waals surface area contributed by atoms with Crippen molar-refractivity contribution in [1.29, 1.82) is 0 Å². The molecule has 0 fully saturated rings. The Labute approximate surface area is 136 Å². The van der Waals surface area contributed by atoms with Crippen molar-refractivity contribution in [2.75, 3.05) is 19.0 Å². The largest absolute Gasteiger partial charge is 0.508 e. The summed E-state index contributed by atoms with van der Waals surface area (Å²) in [5.41, 5.74) is 4.44. The number of phenols is 2. The van der Waals surface area contributed by atoms with E-state index in [1.165, 1.54) is 16.8 Å². The van der Waals surface area contributed by atoms with E-state index in [2.05, 4.69) is 30.0 Å². The molecule has 0 bridgehead atoms. The molecule has 0 radical (unpaired) electrons. The average Bonchev–Trinajstić information content (AvgIpc) is 2.51. The third-order valence-corrected chi connectivity index (χ3v) is 4.30. The quantitative estimate of drug-likeness (QED) is 0.761. The molecule has 0 aliphatic rings. The molecule has 0 amide bonds. The number of fused-ring (bicyclic) bond motifs is 1. The Kier molecular flexibility index (Phi) is 3.87. The summed E-state index contributed by atoms with van der Waals surface area (Å²) in [7, 11) is 4.05. The maximum atomic E-state index is 10.3. The molecule has 3 aromatic carbocycles. The number of benzene rings is 3. The molecular weight excluding hydrogens is 286 g/mol. The van der Waals surface area contributed by atoms with Gasteiger partial charge in [0.15, 0.2) is 0 Å². The van der Waals surface area contributed by atoms with Gasteiger partial charge in [-0.3, -0.25) is 0 Å². The van der Waals surface area contributed by atoms with Gasteiger partial charge in [0.25, 0.3) is 0 Å². The van der Waals surface area contributed by atoms with E-state index in [0.29, 0.717) is 12.2 Å². The molecule has 0 atom stereocenters. The molecule has 3 nitrogen and oxygen atoms in total. The van der Waals surface area contributed by atoms with Crippen molar-refractivity contribution in [3.8, 4) is 11.5 Å². The van der Waals surface area contributed by atoms with Gasteiger partial charge < -0.3 is 15.1 Å². The summed E-state index contributed by atoms with van der Waals surface area (Å²) in [6.07, 6.45) is 0.660. The second-order valence-corrected chi connectivity index (χ2v) is 6.15. The van der Waals surface area contributed by atoms with Crippen LogP contribution in [0.3, 0.4) is 0 Å². The van der Waals surface area contributed by atoms with Crippen LogP contribution in [0.5, 0.6) is 11.5 Å². The minimum atomic E-state index is 0.237. The zero-order valence-electron chi connectivity index (χ0n) is 13.7. The Morgan fingerprint density at radius 2 is 1.70 bits per heavy atom. The Hall–Kier alpha value is -2.68. The molecule has 3 rings (SSSR count). The van der Waals surface area contributed by atoms with Crippen molar-refractivity contribution in [3.05, 3.63) is 65.2 Å². The van der Waals surface area contributed by atoms with Crippen LogP contribution in [0.2, 0.25) is 0 Å². The molecule has 0 unspecified atom stereocenters. The molecule has 118 valence electrons. The van der Waals surface area contributed by atoms with Crippen LogP contribution in [0.1, 0.15) is 16.7 Å². The lowest BCUT2D eigenvalue weighted by Gasteiger charge is -2.16. The lowest BCUT2D eigenvalue weighted by Crippen LogP contribution is -2.09. The number of hydrogen-bond donors (Lipinski definition) is 2. The van der Waals surface area contributed by atoms with Crippen molar-refractivity contribution in [3.63, 3.8) is 0 Å². The van der Waals surface area contributed by atoms with Crippen molar-refractivity contribution < 1.29 is 10.2 Å². The summed E-state index contributed by atoms with van der Waals surface area (Å²) < 4.78 is 0. The van der Waals surface area contributed by atoms with Crippen LogP contribution < -0.4 is 4.90 Å². The van der Waals surface area contributed by atoms with E-state index in [0.717, 1.165) is 16.3 Å². The van der Waals surface area contributed by atoms with Crippen LogP contribution in [-0.4, -0.2) is 24.3 Å². The first kappa shape index (κ1) is 15.2. The second kappa shape index (κ2) is 5.84. The molecule has 3 aromatic rings. The fraction of sp³-hybridized carbons (Fsp3) is 0.200. The maximum absolute atomic E-state index is 10.3. The molecule has 0 saturated heterocycles. The van der Waals surface area contributed by atoms with Crippen LogP contribution in [0, 0.1) is 6.92 Å². The lowest BCUT2D eigenvalue weighted by atomic mass is 9.95. The van der Waals surface area contributed by atoms with Gasteiger partial charge in [0.1, 0.15) is 11.5 Å². The van der Waals surface area contributed by atoms with Crippen LogP contribution >= 0.6 is 0 Å². The van der Waals surface area contributed by atoms with Gasteiger partial charge >= 0.3 is 0 Å². The highest BCUT2D eigenvalue weighted by molar-refractivity contribution is 5.89. The SMILES string of the molecule is Cc1cc(N(C)C)ccc1Cc1c(O)ccc2cc(O)ccc12. The normalized spacial score (nSPS) is 10.9. The highest BCUT2D eigenvalue weighted by Crippen LogP contribution is 2.32. The summed E-state index contributed by atoms with van der Waals surface area (Å²) in [6, 6.07) is 15.1. The van der Waals surface area contributed by atoms with E-state index in [9.17, 15) is 10.2 Å². The molecule has 0 saturated carbocycles. The van der Waals surface area contributed by atoms with Gasteiger partial charge in [-0.1, -0.05) is 18.2 Å². The summed E-state index contributed by atoms with van der Waals surface area (Å²) in [6.45, 7) is 2.09. The Morgan fingerprint density at radius 1 is 0.913 bits per heavy atom. The molecular formula is C20H21NO2. The number of anilines is 1. The van der Waals surface area contributed by atoms with Gasteiger partial charge in [-0.15, -0.1) is 0 Å². The Bertz CT molecular complexity index is 869. The first-order valence-electron chi connectivity index (χ1n) is 7.66. The number of hydrogen-bond acceptors (Lipinski definition) is 3. The fourth-order valence-corrected chi connectivity index (χ4v) is 2.90. The third-order valence-electron chi connectivity index (χ3n) is 4.30. The molecule has 0 spiro atoms. The van der Waals surface area contributed by atoms with Gasteiger partial charge in [0, 0.05) is 31.8 Å². The first-order chi connectivity index (χ1) is 11.0.